The Morgan fingerprint density at radius 1 is 0.455 bits per heavy atom. The van der Waals surface area contributed by atoms with Gasteiger partial charge in [0.05, 0.1) is 0 Å². The molecule has 5 unspecified atom stereocenters. The molecule has 1 aliphatic rings. The van der Waals surface area contributed by atoms with Crippen molar-refractivity contribution in [1.29, 1.82) is 0 Å². The molecule has 0 aromatic rings. The zero-order valence-corrected chi connectivity index (χ0v) is 45.7. The van der Waals surface area contributed by atoms with E-state index in [-0.39, 0.29) is 46.4 Å². The van der Waals surface area contributed by atoms with Crippen LogP contribution in [-0.4, -0.2) is 19.8 Å². The maximum absolute atomic E-state index is 6.57. The van der Waals surface area contributed by atoms with Gasteiger partial charge in [-0.1, -0.05) is 0 Å². The average molecular weight is 1280 g/mol. The predicted octanol–water partition coefficient (Wildman–Crippen LogP) is 19.4. The van der Waals surface area contributed by atoms with Crippen molar-refractivity contribution in [2.75, 3.05) is 0 Å². The summed E-state index contributed by atoms with van der Waals surface area (Å²) in [4.78, 5) is -14.9. The minimum absolute atomic E-state index is 0.0233. The molecule has 11 nitrogen and oxygen atoms in total. The third-order valence-corrected chi connectivity index (χ3v) is 67.3. The molecule has 0 fully saturated rings. The van der Waals surface area contributed by atoms with Crippen LogP contribution in [0.5, 0.6) is 0 Å². The van der Waals surface area contributed by atoms with E-state index in [0.29, 0.717) is 0 Å². The second kappa shape index (κ2) is 17.2. The average Bonchev–Trinajstić information content (AvgIpc) is 2.83. The summed E-state index contributed by atoms with van der Waals surface area (Å²) in [5.41, 5.74) is 0. The van der Waals surface area contributed by atoms with Crippen LogP contribution in [0.2, 0.25) is 0 Å². The molecule has 0 aliphatic carbocycles. The van der Waals surface area contributed by atoms with E-state index in [1.807, 2.05) is 0 Å². The number of nitrogens with zero attached hydrogens (tertiary/aromatic N) is 6. The van der Waals surface area contributed by atoms with Crippen LogP contribution in [0.3, 0.4) is 0 Å². The van der Waals surface area contributed by atoms with Gasteiger partial charge in [-0.15, -0.1) is 0 Å². The normalized spacial score (nSPS) is 41.1. The molecule has 1 aliphatic heterocycles. The standard InChI is InChI=1S/Cl22H10N11P11/c1-29-39(6,7)27-37-25-35-23-34-24-36-26-38-28-40(8,9,10)30(2)42(14,15,16)32(4)44(20,21,22)33(5)43(17,18,19)31(3)41(29,11,12)13/h23-26,28,34-38H. The first kappa shape index (κ1) is 52.5. The monoisotopic (exact) mass is 1270 g/mol. The third-order valence-electron chi connectivity index (χ3n) is 3.45. The van der Waals surface area contributed by atoms with Gasteiger partial charge < -0.3 is 0 Å². The van der Waals surface area contributed by atoms with Gasteiger partial charge in [-0.3, -0.25) is 0 Å². The van der Waals surface area contributed by atoms with E-state index in [4.69, 9.17) is 250 Å². The van der Waals surface area contributed by atoms with E-state index in [9.17, 15) is 0 Å². The predicted molar refractivity (Wildman–Crippen MR) is 239 cm³/mol. The van der Waals surface area contributed by atoms with E-state index >= 15 is 0 Å². The molecule has 44 heavy (non-hydrogen) atoms. The fourth-order valence-electron chi connectivity index (χ4n) is 1.81. The molecule has 0 saturated carbocycles. The van der Waals surface area contributed by atoms with E-state index in [2.05, 4.69) is 28.8 Å². The Morgan fingerprint density at radius 3 is 1.18 bits per heavy atom. The van der Waals surface area contributed by atoms with Crippen LogP contribution in [0.25, 0.3) is 0 Å². The number of rotatable bonds is 0. The molecule has 0 aromatic carbocycles. The topological polar surface area (TPSA) is 88.7 Å². The Labute approximate surface area is 368 Å². The van der Waals surface area contributed by atoms with Crippen molar-refractivity contribution in [1.82, 2.24) is 44.1 Å². The number of hydrogen-bond acceptors (Lipinski definition) is 11. The Morgan fingerprint density at radius 2 is 0.773 bits per heavy atom. The Kier molecular flexibility index (Phi) is 20.6. The number of nitrogens with one attached hydrogen (secondary N) is 5. The fraction of sp³-hybridized carbons (Fsp3) is 0. The number of hydrogen-bond donors (Lipinski definition) is 5. The van der Waals surface area contributed by atoms with Crippen LogP contribution in [0.4, 0.5) is 0 Å². The first-order valence-electron chi connectivity index (χ1n) is 8.62. The first-order valence-corrected chi connectivity index (χ1v) is 43.1. The van der Waals surface area contributed by atoms with Gasteiger partial charge in [0.15, 0.2) is 0 Å². The number of halogens is 22. The summed E-state index contributed by atoms with van der Waals surface area (Å²) in [7, 11) is -1.12. The van der Waals surface area contributed by atoms with Crippen LogP contribution in [0.15, 0.2) is 4.52 Å². The summed E-state index contributed by atoms with van der Waals surface area (Å²) in [6.45, 7) is 0. The summed E-state index contributed by atoms with van der Waals surface area (Å²) < 4.78 is 4.15. The molecule has 5 N–H and O–H groups in total. The Hall–Kier alpha value is 10.5. The van der Waals surface area contributed by atoms with Crippen molar-refractivity contribution in [3.05, 3.63) is 0 Å². The molecule has 5 atom stereocenters. The van der Waals surface area contributed by atoms with Gasteiger partial charge in [0.25, 0.3) is 0 Å². The van der Waals surface area contributed by atoms with Crippen LogP contribution in [-0.2, 0) is 0 Å². The van der Waals surface area contributed by atoms with Crippen molar-refractivity contribution in [2.45, 2.75) is 0 Å². The van der Waals surface area contributed by atoms with Gasteiger partial charge in [-0.05, 0) is 0 Å². The summed E-state index contributed by atoms with van der Waals surface area (Å²) in [6, 6.07) is 0. The van der Waals surface area contributed by atoms with Crippen LogP contribution < -0.4 is 24.3 Å². The zero-order chi connectivity index (χ0) is 35.4. The first-order chi connectivity index (χ1) is 18.9. The summed E-state index contributed by atoms with van der Waals surface area (Å²) in [6.07, 6.45) is 0. The van der Waals surface area contributed by atoms with E-state index in [0.717, 1.165) is 0 Å². The van der Waals surface area contributed by atoms with Crippen LogP contribution in [0.1, 0.15) is 0 Å². The summed E-state index contributed by atoms with van der Waals surface area (Å²) >= 11 is 143. The van der Waals surface area contributed by atoms with E-state index < -0.39 is 48.5 Å². The van der Waals surface area contributed by atoms with Gasteiger partial charge >= 0.3 is 374 Å². The Bertz CT molecular complexity index is 1100. The van der Waals surface area contributed by atoms with Crippen molar-refractivity contribution in [3.63, 3.8) is 0 Å². The van der Waals surface area contributed by atoms with Gasteiger partial charge in [0.1, 0.15) is 0 Å². The molecule has 1 rings (SSSR count). The minimum atomic E-state index is -6.16. The molecule has 0 radical (unpaired) electrons. The second-order valence-corrected chi connectivity index (χ2v) is 71.7. The van der Waals surface area contributed by atoms with Gasteiger partial charge in [0.2, 0.25) is 0 Å². The van der Waals surface area contributed by atoms with E-state index in [1.165, 1.54) is 0 Å². The quantitative estimate of drug-likeness (QED) is 0.119. The molecule has 274 valence electrons. The fourth-order valence-corrected chi connectivity index (χ4v) is 73.2. The third kappa shape index (κ3) is 12.5. The summed E-state index contributed by atoms with van der Waals surface area (Å²) in [5, 5.41) is 0. The molecule has 0 spiro atoms. The molecule has 0 amide bonds. The van der Waals surface area contributed by atoms with Gasteiger partial charge in [0, 0.05) is 0 Å². The van der Waals surface area contributed by atoms with Crippen molar-refractivity contribution in [2.24, 2.45) is 4.52 Å². The van der Waals surface area contributed by atoms with Crippen LogP contribution >= 0.6 is 325 Å². The van der Waals surface area contributed by atoms with E-state index in [1.54, 1.807) is 0 Å². The molecule has 1 heterocycles. The molecular formula is H10Cl22N11P11. The van der Waals surface area contributed by atoms with Gasteiger partial charge in [-0.2, -0.15) is 0 Å². The molecule has 44 heteroatoms. The SMILES string of the molecule is ClN1P(Cl)(Cl)=NPNPNPNPNPNP(Cl)(Cl)(Cl)N(Cl)P(Cl)(Cl)(Cl)N(Cl)P(Cl)(Cl)(Cl)N(Cl)P(Cl)(Cl)(Cl)N(Cl)P1(Cl)(Cl)Cl. The van der Waals surface area contributed by atoms with Gasteiger partial charge in [-0.25, -0.2) is 0 Å². The van der Waals surface area contributed by atoms with Crippen molar-refractivity contribution >= 4 is 325 Å². The summed E-state index contributed by atoms with van der Waals surface area (Å²) in [5.74, 6) is -3.98. The maximum atomic E-state index is 6.57. The molecule has 0 saturated heterocycles. The molecule has 0 aromatic heterocycles. The Balaban J connectivity index is 3.95. The second-order valence-electron chi connectivity index (χ2n) is 6.69. The molecule has 0 bridgehead atoms. The van der Waals surface area contributed by atoms with Crippen molar-refractivity contribution in [3.8, 4) is 0 Å². The van der Waals surface area contributed by atoms with Crippen molar-refractivity contribution < 1.29 is 0 Å². The zero-order valence-electron chi connectivity index (χ0n) is 18.7. The molecular weight excluding hydrogens is 1270 g/mol. The van der Waals surface area contributed by atoms with Crippen LogP contribution in [0, 0.1) is 0 Å².